The Balaban J connectivity index is 1.61. The lowest BCUT2D eigenvalue weighted by molar-refractivity contribution is 0.102. The third kappa shape index (κ3) is 4.36. The van der Waals surface area contributed by atoms with E-state index >= 15 is 0 Å². The molecule has 0 bridgehead atoms. The first-order chi connectivity index (χ1) is 16.5. The lowest BCUT2D eigenvalue weighted by atomic mass is 10.1. The number of benzene rings is 2. The highest BCUT2D eigenvalue weighted by Crippen LogP contribution is 2.27. The molecule has 0 fully saturated rings. The average Bonchev–Trinajstić information content (AvgIpc) is 3.51. The van der Waals surface area contributed by atoms with Crippen molar-refractivity contribution in [1.82, 2.24) is 19.7 Å². The second kappa shape index (κ2) is 9.01. The number of furan rings is 1. The van der Waals surface area contributed by atoms with Crippen LogP contribution < -0.4 is 10.9 Å². The van der Waals surface area contributed by atoms with Crippen molar-refractivity contribution in [3.05, 3.63) is 105 Å². The Hall–Kier alpha value is -4.14. The molecule has 10 heteroatoms. The van der Waals surface area contributed by atoms with Gasteiger partial charge in [-0.2, -0.15) is 9.78 Å². The van der Waals surface area contributed by atoms with Crippen LogP contribution in [0.25, 0.3) is 28.7 Å². The number of aromatic amines is 1. The van der Waals surface area contributed by atoms with Gasteiger partial charge >= 0.3 is 0 Å². The molecule has 0 radical (unpaired) electrons. The number of halogens is 2. The maximum Gasteiger partial charge on any atom is 0.258 e. The Labute approximate surface area is 202 Å². The zero-order valence-electron chi connectivity index (χ0n) is 17.3. The predicted octanol–water partition coefficient (Wildman–Crippen LogP) is 5.44. The van der Waals surface area contributed by atoms with Crippen molar-refractivity contribution < 1.29 is 9.21 Å². The van der Waals surface area contributed by atoms with Crippen molar-refractivity contribution in [3.8, 4) is 28.7 Å². The van der Waals surface area contributed by atoms with Gasteiger partial charge in [0.2, 0.25) is 5.95 Å². The van der Waals surface area contributed by atoms with Crippen molar-refractivity contribution in [2.24, 2.45) is 0 Å². The molecule has 0 aliphatic heterocycles. The number of nitrogens with one attached hydrogen (secondary N) is 2. The number of nitrogens with zero attached hydrogens (tertiary/aromatic N) is 3. The van der Waals surface area contributed by atoms with Gasteiger partial charge in [-0.1, -0.05) is 53.5 Å². The summed E-state index contributed by atoms with van der Waals surface area (Å²) < 4.78 is 6.77. The number of aromatic nitrogens is 4. The molecular weight excluding hydrogens is 477 g/mol. The molecule has 3 heterocycles. The number of H-pyrrole nitrogens is 1. The highest BCUT2D eigenvalue weighted by atomic mass is 35.5. The van der Waals surface area contributed by atoms with Gasteiger partial charge in [-0.05, 0) is 30.3 Å². The second-order valence-corrected chi connectivity index (χ2v) is 8.05. The van der Waals surface area contributed by atoms with Gasteiger partial charge in [0.05, 0.1) is 22.5 Å². The molecule has 3 aromatic heterocycles. The van der Waals surface area contributed by atoms with E-state index in [0.717, 1.165) is 5.56 Å². The summed E-state index contributed by atoms with van der Waals surface area (Å²) >= 11 is 12.2. The van der Waals surface area contributed by atoms with Crippen LogP contribution >= 0.6 is 23.2 Å². The zero-order chi connectivity index (χ0) is 23.7. The molecule has 5 rings (SSSR count). The fourth-order valence-corrected chi connectivity index (χ4v) is 3.71. The zero-order valence-corrected chi connectivity index (χ0v) is 18.8. The number of anilines is 1. The van der Waals surface area contributed by atoms with Gasteiger partial charge < -0.3 is 9.73 Å². The molecule has 0 aliphatic rings. The fourth-order valence-electron chi connectivity index (χ4n) is 3.33. The quantitative estimate of drug-likeness (QED) is 0.340. The fraction of sp³-hybridized carbons (Fsp3) is 0. The molecule has 0 unspecified atom stereocenters. The molecule has 1 amide bonds. The van der Waals surface area contributed by atoms with E-state index in [1.807, 2.05) is 30.3 Å². The number of hydrogen-bond acceptors (Lipinski definition) is 5. The minimum absolute atomic E-state index is 0.108. The summed E-state index contributed by atoms with van der Waals surface area (Å²) in [5, 5.41) is 7.87. The summed E-state index contributed by atoms with van der Waals surface area (Å²) in [7, 11) is 0. The molecule has 168 valence electrons. The molecule has 8 nitrogen and oxygen atoms in total. The van der Waals surface area contributed by atoms with Crippen LogP contribution in [0.1, 0.15) is 10.4 Å². The van der Waals surface area contributed by atoms with E-state index in [2.05, 4.69) is 20.4 Å². The second-order valence-electron chi connectivity index (χ2n) is 7.20. The van der Waals surface area contributed by atoms with Crippen LogP contribution in [0, 0.1) is 0 Å². The van der Waals surface area contributed by atoms with Crippen molar-refractivity contribution in [3.63, 3.8) is 0 Å². The van der Waals surface area contributed by atoms with E-state index in [9.17, 15) is 9.59 Å². The first-order valence-electron chi connectivity index (χ1n) is 10.1. The van der Waals surface area contributed by atoms with Crippen LogP contribution in [-0.4, -0.2) is 25.7 Å². The minimum Gasteiger partial charge on any atom is -0.463 e. The van der Waals surface area contributed by atoms with E-state index < -0.39 is 5.91 Å². The van der Waals surface area contributed by atoms with E-state index in [1.54, 1.807) is 24.3 Å². The van der Waals surface area contributed by atoms with Crippen LogP contribution in [0.5, 0.6) is 0 Å². The van der Waals surface area contributed by atoms with Gasteiger partial charge in [-0.15, -0.1) is 0 Å². The number of amides is 1. The molecule has 2 N–H and O–H groups in total. The van der Waals surface area contributed by atoms with Gasteiger partial charge in [-0.3, -0.25) is 14.6 Å². The van der Waals surface area contributed by atoms with Gasteiger partial charge in [0.25, 0.3) is 11.5 Å². The smallest absolute Gasteiger partial charge is 0.258 e. The Morgan fingerprint density at radius 1 is 0.971 bits per heavy atom. The van der Waals surface area contributed by atoms with Crippen molar-refractivity contribution in [2.75, 3.05) is 5.32 Å². The van der Waals surface area contributed by atoms with E-state index in [-0.39, 0.29) is 27.9 Å². The average molecular weight is 492 g/mol. The largest absolute Gasteiger partial charge is 0.463 e. The van der Waals surface area contributed by atoms with E-state index in [4.69, 9.17) is 27.6 Å². The summed E-state index contributed by atoms with van der Waals surface area (Å²) in [5.74, 6) is 0.301. The number of carbonyl (C=O) groups excluding carboxylic acids is 1. The highest BCUT2D eigenvalue weighted by Gasteiger charge is 2.19. The number of rotatable bonds is 5. The molecule has 0 saturated heterocycles. The van der Waals surface area contributed by atoms with Gasteiger partial charge in [0, 0.05) is 22.7 Å². The van der Waals surface area contributed by atoms with Crippen molar-refractivity contribution in [2.45, 2.75) is 0 Å². The number of carbonyl (C=O) groups is 1. The molecule has 5 aromatic rings. The van der Waals surface area contributed by atoms with Crippen LogP contribution in [0.3, 0.4) is 0 Å². The van der Waals surface area contributed by atoms with Crippen molar-refractivity contribution >= 4 is 34.9 Å². The van der Waals surface area contributed by atoms with Crippen LogP contribution in [0.2, 0.25) is 10.0 Å². The Kier molecular flexibility index (Phi) is 5.75. The van der Waals surface area contributed by atoms with Gasteiger partial charge in [-0.25, -0.2) is 4.98 Å². The summed E-state index contributed by atoms with van der Waals surface area (Å²) in [4.78, 5) is 32.7. The Morgan fingerprint density at radius 3 is 2.56 bits per heavy atom. The molecule has 0 aliphatic carbocycles. The van der Waals surface area contributed by atoms with Gasteiger partial charge in [0.15, 0.2) is 5.76 Å². The lowest BCUT2D eigenvalue weighted by Gasteiger charge is -2.10. The molecule has 2 aromatic carbocycles. The standard InChI is InChI=1S/C24H15Cl2N5O3/c25-15-8-9-17(26)16(11-15)23(33)28-21-12-19(20-7-4-10-34-20)30-31(21)24-27-18(13-22(32)29-24)14-5-2-1-3-6-14/h1-13H,(H,28,33)(H,27,29,32). The lowest BCUT2D eigenvalue weighted by Crippen LogP contribution is -2.19. The Bertz CT molecular complexity index is 1540. The third-order valence-corrected chi connectivity index (χ3v) is 5.46. The topological polar surface area (TPSA) is 106 Å². The summed E-state index contributed by atoms with van der Waals surface area (Å²) in [6.07, 6.45) is 1.51. The first kappa shape index (κ1) is 21.7. The predicted molar refractivity (Wildman–Crippen MR) is 130 cm³/mol. The molecule has 0 spiro atoms. The van der Waals surface area contributed by atoms with E-state index in [0.29, 0.717) is 22.2 Å². The van der Waals surface area contributed by atoms with E-state index in [1.165, 1.54) is 29.1 Å². The monoisotopic (exact) mass is 491 g/mol. The molecular formula is C24H15Cl2N5O3. The molecule has 0 saturated carbocycles. The maximum atomic E-state index is 13.0. The van der Waals surface area contributed by atoms with Crippen LogP contribution in [0.15, 0.2) is 88.3 Å². The molecule has 0 atom stereocenters. The maximum absolute atomic E-state index is 13.0. The van der Waals surface area contributed by atoms with Crippen molar-refractivity contribution in [1.29, 1.82) is 0 Å². The highest BCUT2D eigenvalue weighted by molar-refractivity contribution is 6.36. The SMILES string of the molecule is O=C(Nc1cc(-c2ccco2)nn1-c1nc(-c2ccccc2)cc(=O)[nH]1)c1cc(Cl)ccc1Cl. The van der Waals surface area contributed by atoms with Crippen LogP contribution in [-0.2, 0) is 0 Å². The molecule has 34 heavy (non-hydrogen) atoms. The Morgan fingerprint density at radius 2 is 1.79 bits per heavy atom. The summed E-state index contributed by atoms with van der Waals surface area (Å²) in [6.45, 7) is 0. The van der Waals surface area contributed by atoms with Gasteiger partial charge in [0.1, 0.15) is 11.5 Å². The van der Waals surface area contributed by atoms with Crippen LogP contribution in [0.4, 0.5) is 5.82 Å². The summed E-state index contributed by atoms with van der Waals surface area (Å²) in [6, 6.07) is 20.3. The third-order valence-electron chi connectivity index (χ3n) is 4.90. The number of hydrogen-bond donors (Lipinski definition) is 2. The first-order valence-corrected chi connectivity index (χ1v) is 10.8. The summed E-state index contributed by atoms with van der Waals surface area (Å²) in [5.41, 5.74) is 1.43. The normalized spacial score (nSPS) is 10.9. The minimum atomic E-state index is -0.513.